The third-order valence-corrected chi connectivity index (χ3v) is 4.39. The molecule has 2 N–H and O–H groups in total. The minimum atomic E-state index is -3.33. The van der Waals surface area contributed by atoms with Crippen molar-refractivity contribution in [3.8, 4) is 0 Å². The first-order valence-corrected chi connectivity index (χ1v) is 6.20. The molecule has 0 aromatic carbocycles. The summed E-state index contributed by atoms with van der Waals surface area (Å²) in [5, 5.41) is 0. The predicted octanol–water partition coefficient (Wildman–Crippen LogP) is -0.148. The van der Waals surface area contributed by atoms with Gasteiger partial charge in [0.1, 0.15) is 0 Å². The van der Waals surface area contributed by atoms with E-state index in [4.69, 9.17) is 5.73 Å². The van der Waals surface area contributed by atoms with E-state index < -0.39 is 10.2 Å². The van der Waals surface area contributed by atoms with Gasteiger partial charge in [-0.25, -0.2) is 0 Å². The van der Waals surface area contributed by atoms with Gasteiger partial charge in [0.15, 0.2) is 0 Å². The summed E-state index contributed by atoms with van der Waals surface area (Å²) in [4.78, 5) is 0. The lowest BCUT2D eigenvalue weighted by Crippen LogP contribution is -2.46. The van der Waals surface area contributed by atoms with Gasteiger partial charge >= 0.3 is 0 Å². The van der Waals surface area contributed by atoms with Crippen LogP contribution in [0.5, 0.6) is 0 Å². The highest BCUT2D eigenvalue weighted by Gasteiger charge is 2.26. The summed E-state index contributed by atoms with van der Waals surface area (Å²) < 4.78 is 26.5. The third-order valence-electron chi connectivity index (χ3n) is 2.15. The molecule has 0 heterocycles. The summed E-state index contributed by atoms with van der Waals surface area (Å²) in [5.41, 5.74) is 5.35. The monoisotopic (exact) mass is 223 g/mol. The third kappa shape index (κ3) is 3.20. The van der Waals surface area contributed by atoms with Gasteiger partial charge in [-0.05, 0) is 13.8 Å². The Kier molecular flexibility index (Phi) is 5.58. The van der Waals surface area contributed by atoms with E-state index in [2.05, 4.69) is 0 Å². The Morgan fingerprint density at radius 2 is 1.86 bits per heavy atom. The Bertz CT molecular complexity index is 251. The first-order valence-electron chi connectivity index (χ1n) is 4.81. The molecule has 5 nitrogen and oxygen atoms in total. The van der Waals surface area contributed by atoms with Gasteiger partial charge < -0.3 is 5.73 Å². The zero-order chi connectivity index (χ0) is 11.4. The highest BCUT2D eigenvalue weighted by Crippen LogP contribution is 2.08. The topological polar surface area (TPSA) is 66.6 Å². The Hall–Kier alpha value is -0.170. The van der Waals surface area contributed by atoms with Crippen LogP contribution in [0.15, 0.2) is 0 Å². The first-order chi connectivity index (χ1) is 6.37. The van der Waals surface area contributed by atoms with Crippen LogP contribution < -0.4 is 5.73 Å². The highest BCUT2D eigenvalue weighted by atomic mass is 32.2. The van der Waals surface area contributed by atoms with Crippen molar-refractivity contribution in [2.24, 2.45) is 5.73 Å². The zero-order valence-corrected chi connectivity index (χ0v) is 10.2. The van der Waals surface area contributed by atoms with E-state index in [0.29, 0.717) is 19.6 Å². The average Bonchev–Trinajstić information content (AvgIpc) is 2.12. The first kappa shape index (κ1) is 13.8. The van der Waals surface area contributed by atoms with E-state index in [-0.39, 0.29) is 6.04 Å². The van der Waals surface area contributed by atoms with Gasteiger partial charge in [-0.2, -0.15) is 17.0 Å². The average molecular weight is 223 g/mol. The van der Waals surface area contributed by atoms with E-state index in [1.54, 1.807) is 14.0 Å². The second kappa shape index (κ2) is 5.65. The van der Waals surface area contributed by atoms with Crippen molar-refractivity contribution in [1.82, 2.24) is 8.61 Å². The summed E-state index contributed by atoms with van der Waals surface area (Å²) in [6.07, 6.45) is 0. The smallest absolute Gasteiger partial charge is 0.281 e. The lowest BCUT2D eigenvalue weighted by molar-refractivity contribution is 0.344. The fourth-order valence-corrected chi connectivity index (χ4v) is 2.59. The number of nitrogens with zero attached hydrogens (tertiary/aromatic N) is 2. The quantitative estimate of drug-likeness (QED) is 0.681. The summed E-state index contributed by atoms with van der Waals surface area (Å²) in [6.45, 7) is 6.66. The number of nitrogens with two attached hydrogens (primary N) is 1. The van der Waals surface area contributed by atoms with Crippen molar-refractivity contribution in [3.05, 3.63) is 0 Å². The highest BCUT2D eigenvalue weighted by molar-refractivity contribution is 7.86. The molecule has 86 valence electrons. The van der Waals surface area contributed by atoms with Gasteiger partial charge in [0, 0.05) is 32.7 Å². The maximum Gasteiger partial charge on any atom is 0.281 e. The molecular formula is C8H21N3O2S. The van der Waals surface area contributed by atoms with E-state index in [9.17, 15) is 8.42 Å². The van der Waals surface area contributed by atoms with Crippen LogP contribution in [0.3, 0.4) is 0 Å². The van der Waals surface area contributed by atoms with Gasteiger partial charge in [-0.1, -0.05) is 6.92 Å². The van der Waals surface area contributed by atoms with E-state index in [1.165, 1.54) is 8.61 Å². The number of hydrogen-bond acceptors (Lipinski definition) is 3. The zero-order valence-electron chi connectivity index (χ0n) is 9.40. The molecular weight excluding hydrogens is 202 g/mol. The number of likely N-dealkylation sites (N-methyl/N-ethyl adjacent to an activating group) is 1. The molecule has 0 radical (unpaired) electrons. The van der Waals surface area contributed by atoms with E-state index in [1.807, 2.05) is 13.8 Å². The molecule has 0 spiro atoms. The Balaban J connectivity index is 4.73. The molecule has 0 aromatic heterocycles. The Morgan fingerprint density at radius 1 is 1.36 bits per heavy atom. The molecule has 0 aromatic rings. The van der Waals surface area contributed by atoms with Crippen molar-refractivity contribution in [2.75, 3.05) is 26.7 Å². The molecule has 0 saturated heterocycles. The SMILES string of the molecule is CCN(CCN)S(=O)(=O)N(C)C(C)C. The molecule has 0 amide bonds. The van der Waals surface area contributed by atoms with E-state index >= 15 is 0 Å². The molecule has 0 saturated carbocycles. The lowest BCUT2D eigenvalue weighted by Gasteiger charge is -2.28. The van der Waals surface area contributed by atoms with Gasteiger partial charge in [-0.3, -0.25) is 0 Å². The molecule has 0 unspecified atom stereocenters. The Morgan fingerprint density at radius 3 is 2.14 bits per heavy atom. The fourth-order valence-electron chi connectivity index (χ4n) is 1.03. The maximum atomic E-state index is 11.9. The summed E-state index contributed by atoms with van der Waals surface area (Å²) >= 11 is 0. The van der Waals surface area contributed by atoms with Gasteiger partial charge in [0.2, 0.25) is 0 Å². The standard InChI is InChI=1S/C8H21N3O2S/c1-5-11(7-6-9)14(12,13)10(4)8(2)3/h8H,5-7,9H2,1-4H3. The second-order valence-corrected chi connectivity index (χ2v) is 5.39. The maximum absolute atomic E-state index is 11.9. The second-order valence-electron chi connectivity index (χ2n) is 3.40. The predicted molar refractivity (Wildman–Crippen MR) is 58.1 cm³/mol. The molecule has 6 heteroatoms. The molecule has 0 atom stereocenters. The molecule has 14 heavy (non-hydrogen) atoms. The van der Waals surface area contributed by atoms with Gasteiger partial charge in [0.05, 0.1) is 0 Å². The van der Waals surface area contributed by atoms with Crippen molar-refractivity contribution >= 4 is 10.2 Å². The van der Waals surface area contributed by atoms with Crippen molar-refractivity contribution in [1.29, 1.82) is 0 Å². The van der Waals surface area contributed by atoms with Crippen LogP contribution in [0, 0.1) is 0 Å². The lowest BCUT2D eigenvalue weighted by atomic mass is 10.4. The van der Waals surface area contributed by atoms with Crippen LogP contribution in [-0.2, 0) is 10.2 Å². The van der Waals surface area contributed by atoms with Crippen LogP contribution >= 0.6 is 0 Å². The minimum Gasteiger partial charge on any atom is -0.329 e. The van der Waals surface area contributed by atoms with E-state index in [0.717, 1.165) is 0 Å². The number of rotatable bonds is 6. The molecule has 0 aliphatic heterocycles. The summed E-state index contributed by atoms with van der Waals surface area (Å²) in [6, 6.07) is -0.0353. The van der Waals surface area contributed by atoms with Crippen LogP contribution in [-0.4, -0.2) is 49.8 Å². The van der Waals surface area contributed by atoms with Crippen molar-refractivity contribution in [2.45, 2.75) is 26.8 Å². The van der Waals surface area contributed by atoms with Crippen LogP contribution in [0.4, 0.5) is 0 Å². The van der Waals surface area contributed by atoms with Gasteiger partial charge in [-0.15, -0.1) is 0 Å². The molecule has 0 fully saturated rings. The Labute approximate surface area is 87.0 Å². The van der Waals surface area contributed by atoms with Crippen LogP contribution in [0.2, 0.25) is 0 Å². The minimum absolute atomic E-state index is 0.0353. The van der Waals surface area contributed by atoms with Crippen LogP contribution in [0.1, 0.15) is 20.8 Å². The largest absolute Gasteiger partial charge is 0.329 e. The molecule has 0 aliphatic carbocycles. The van der Waals surface area contributed by atoms with Crippen LogP contribution in [0.25, 0.3) is 0 Å². The molecule has 0 aliphatic rings. The van der Waals surface area contributed by atoms with Crippen molar-refractivity contribution in [3.63, 3.8) is 0 Å². The molecule has 0 bridgehead atoms. The fraction of sp³-hybridized carbons (Fsp3) is 1.00. The molecule has 0 rings (SSSR count). The number of hydrogen-bond donors (Lipinski definition) is 1. The normalized spacial score (nSPS) is 13.1. The summed E-state index contributed by atoms with van der Waals surface area (Å²) in [5.74, 6) is 0. The van der Waals surface area contributed by atoms with Gasteiger partial charge in [0.25, 0.3) is 10.2 Å². The summed E-state index contributed by atoms with van der Waals surface area (Å²) in [7, 11) is -1.74. The van der Waals surface area contributed by atoms with Crippen molar-refractivity contribution < 1.29 is 8.42 Å².